The molecule has 1 aliphatic heterocycles. The molecule has 0 amide bonds. The van der Waals surface area contributed by atoms with Crippen molar-refractivity contribution in [1.29, 1.82) is 0 Å². The first-order chi connectivity index (χ1) is 10.1. The van der Waals surface area contributed by atoms with Crippen LogP contribution < -0.4 is 10.0 Å². The molecule has 0 aliphatic carbocycles. The highest BCUT2D eigenvalue weighted by Crippen LogP contribution is 2.22. The van der Waals surface area contributed by atoms with Crippen LogP contribution in [0.15, 0.2) is 16.3 Å². The Morgan fingerprint density at radius 2 is 2.19 bits per heavy atom. The summed E-state index contributed by atoms with van der Waals surface area (Å²) in [6.45, 7) is 8.34. The van der Waals surface area contributed by atoms with Gasteiger partial charge in [-0.2, -0.15) is 0 Å². The number of rotatable bonds is 8. The molecule has 1 fully saturated rings. The number of nitrogens with one attached hydrogen (secondary N) is 2. The monoisotopic (exact) mass is 331 g/mol. The third-order valence-corrected chi connectivity index (χ3v) is 6.87. The van der Waals surface area contributed by atoms with E-state index in [1.165, 1.54) is 11.3 Å². The summed E-state index contributed by atoms with van der Waals surface area (Å²) in [5.74, 6) is 0. The summed E-state index contributed by atoms with van der Waals surface area (Å²) < 4.78 is 27.8. The van der Waals surface area contributed by atoms with Gasteiger partial charge in [0, 0.05) is 24.0 Å². The van der Waals surface area contributed by atoms with Crippen LogP contribution in [0.5, 0.6) is 0 Å². The maximum Gasteiger partial charge on any atom is 0.250 e. The Labute approximate surface area is 131 Å². The molecule has 0 bridgehead atoms. The molecule has 0 radical (unpaired) electrons. The third-order valence-electron chi connectivity index (χ3n) is 3.87. The summed E-state index contributed by atoms with van der Waals surface area (Å²) in [5, 5.41) is 3.21. The largest absolute Gasteiger partial charge is 0.312 e. The molecule has 2 heterocycles. The first-order valence-electron chi connectivity index (χ1n) is 7.60. The molecule has 1 aromatic heterocycles. The quantitative estimate of drug-likeness (QED) is 0.760. The van der Waals surface area contributed by atoms with Crippen LogP contribution in [0.4, 0.5) is 0 Å². The Hall–Kier alpha value is -0.470. The van der Waals surface area contributed by atoms with E-state index in [1.54, 1.807) is 6.07 Å². The second kappa shape index (κ2) is 7.69. The van der Waals surface area contributed by atoms with Gasteiger partial charge >= 0.3 is 0 Å². The molecule has 120 valence electrons. The van der Waals surface area contributed by atoms with Gasteiger partial charge in [-0.1, -0.05) is 13.8 Å². The Morgan fingerprint density at radius 3 is 2.90 bits per heavy atom. The van der Waals surface area contributed by atoms with E-state index in [4.69, 9.17) is 0 Å². The fourth-order valence-corrected chi connectivity index (χ4v) is 5.11. The van der Waals surface area contributed by atoms with E-state index < -0.39 is 10.0 Å². The first-order valence-corrected chi connectivity index (χ1v) is 9.90. The molecule has 7 heteroatoms. The molecule has 5 nitrogen and oxygen atoms in total. The van der Waals surface area contributed by atoms with Crippen LogP contribution in [-0.4, -0.2) is 45.5 Å². The first kappa shape index (κ1) is 16.9. The maximum atomic E-state index is 12.3. The summed E-state index contributed by atoms with van der Waals surface area (Å²) in [6, 6.07) is 3.92. The molecular formula is C14H25N3O2S2. The predicted octanol–water partition coefficient (Wildman–Crippen LogP) is 1.62. The number of likely N-dealkylation sites (tertiary alicyclic amines) is 1. The Bertz CT molecular complexity index is 542. The Kier molecular flexibility index (Phi) is 6.19. The van der Waals surface area contributed by atoms with Crippen LogP contribution in [0, 0.1) is 0 Å². The summed E-state index contributed by atoms with van der Waals surface area (Å²) in [5.41, 5.74) is 0. The van der Waals surface area contributed by atoms with Crippen molar-refractivity contribution in [2.45, 2.75) is 43.5 Å². The van der Waals surface area contributed by atoms with Gasteiger partial charge in [-0.15, -0.1) is 11.3 Å². The van der Waals surface area contributed by atoms with Gasteiger partial charge in [0.25, 0.3) is 0 Å². The van der Waals surface area contributed by atoms with E-state index in [2.05, 4.69) is 21.9 Å². The van der Waals surface area contributed by atoms with Crippen molar-refractivity contribution in [3.63, 3.8) is 0 Å². The average Bonchev–Trinajstić information content (AvgIpc) is 3.12. The molecular weight excluding hydrogens is 306 g/mol. The summed E-state index contributed by atoms with van der Waals surface area (Å²) in [4.78, 5) is 3.39. The van der Waals surface area contributed by atoms with Gasteiger partial charge in [0.05, 0.1) is 0 Å². The zero-order chi connectivity index (χ0) is 15.3. The van der Waals surface area contributed by atoms with E-state index in [9.17, 15) is 8.42 Å². The number of nitrogens with zero attached hydrogens (tertiary/aromatic N) is 1. The van der Waals surface area contributed by atoms with Crippen LogP contribution in [0.1, 0.15) is 31.6 Å². The van der Waals surface area contributed by atoms with Crippen molar-refractivity contribution in [3.05, 3.63) is 17.0 Å². The van der Waals surface area contributed by atoms with Gasteiger partial charge in [0.1, 0.15) is 4.21 Å². The van der Waals surface area contributed by atoms with Crippen molar-refractivity contribution < 1.29 is 8.42 Å². The standard InChI is InChI=1S/C14H25N3O2S2/c1-3-15-11-13-7-8-14(20-13)21(18,19)16-10-12-6-5-9-17(12)4-2/h7-8,12,15-16H,3-6,9-11H2,1-2H3. The van der Waals surface area contributed by atoms with E-state index >= 15 is 0 Å². The molecule has 1 saturated heterocycles. The number of hydrogen-bond acceptors (Lipinski definition) is 5. The average molecular weight is 332 g/mol. The summed E-state index contributed by atoms with van der Waals surface area (Å²) in [6.07, 6.45) is 2.23. The fourth-order valence-electron chi connectivity index (χ4n) is 2.67. The van der Waals surface area contributed by atoms with Gasteiger partial charge in [-0.05, 0) is 44.6 Å². The summed E-state index contributed by atoms with van der Waals surface area (Å²) in [7, 11) is -3.37. The topological polar surface area (TPSA) is 61.4 Å². The number of sulfonamides is 1. The van der Waals surface area contributed by atoms with Gasteiger partial charge in [-0.3, -0.25) is 4.90 Å². The number of likely N-dealkylation sites (N-methyl/N-ethyl adjacent to an activating group) is 1. The lowest BCUT2D eigenvalue weighted by molar-refractivity contribution is 0.268. The highest BCUT2D eigenvalue weighted by atomic mass is 32.2. The molecule has 2 rings (SSSR count). The molecule has 1 aromatic rings. The second-order valence-corrected chi connectivity index (χ2v) is 8.44. The zero-order valence-electron chi connectivity index (χ0n) is 12.8. The minimum absolute atomic E-state index is 0.339. The van der Waals surface area contributed by atoms with Gasteiger partial charge in [0.15, 0.2) is 0 Å². The predicted molar refractivity (Wildman–Crippen MR) is 87.2 cm³/mol. The molecule has 0 spiro atoms. The molecule has 0 saturated carbocycles. The summed E-state index contributed by atoms with van der Waals surface area (Å²) >= 11 is 1.34. The van der Waals surface area contributed by atoms with Gasteiger partial charge in [-0.25, -0.2) is 13.1 Å². The highest BCUT2D eigenvalue weighted by Gasteiger charge is 2.25. The molecule has 21 heavy (non-hydrogen) atoms. The van der Waals surface area contributed by atoms with Crippen LogP contribution in [0.3, 0.4) is 0 Å². The van der Waals surface area contributed by atoms with Gasteiger partial charge < -0.3 is 5.32 Å². The Morgan fingerprint density at radius 1 is 1.38 bits per heavy atom. The van der Waals surface area contributed by atoms with E-state index in [0.29, 0.717) is 16.8 Å². The van der Waals surface area contributed by atoms with E-state index in [1.807, 2.05) is 13.0 Å². The normalized spacial score (nSPS) is 20.2. The lowest BCUT2D eigenvalue weighted by atomic mass is 10.2. The van der Waals surface area contributed by atoms with Crippen molar-refractivity contribution in [2.24, 2.45) is 0 Å². The fraction of sp³-hybridized carbons (Fsp3) is 0.714. The molecule has 1 aliphatic rings. The second-order valence-electron chi connectivity index (χ2n) is 5.28. The molecule has 0 aromatic carbocycles. The molecule has 1 unspecified atom stereocenters. The van der Waals surface area contributed by atoms with Crippen molar-refractivity contribution in [3.8, 4) is 0 Å². The van der Waals surface area contributed by atoms with E-state index in [0.717, 1.165) is 43.9 Å². The minimum atomic E-state index is -3.37. The zero-order valence-corrected chi connectivity index (χ0v) is 14.4. The molecule has 2 N–H and O–H groups in total. The Balaban J connectivity index is 1.93. The SMILES string of the molecule is CCNCc1ccc(S(=O)(=O)NCC2CCCN2CC)s1. The van der Waals surface area contributed by atoms with Crippen molar-refractivity contribution in [1.82, 2.24) is 14.9 Å². The molecule has 1 atom stereocenters. The van der Waals surface area contributed by atoms with Crippen LogP contribution >= 0.6 is 11.3 Å². The maximum absolute atomic E-state index is 12.3. The number of hydrogen-bond donors (Lipinski definition) is 2. The van der Waals surface area contributed by atoms with Crippen LogP contribution in [0.25, 0.3) is 0 Å². The lowest BCUT2D eigenvalue weighted by Gasteiger charge is -2.22. The minimum Gasteiger partial charge on any atom is -0.312 e. The van der Waals surface area contributed by atoms with Gasteiger partial charge in [0.2, 0.25) is 10.0 Å². The third kappa shape index (κ3) is 4.50. The smallest absolute Gasteiger partial charge is 0.250 e. The number of thiophene rings is 1. The van der Waals surface area contributed by atoms with Crippen LogP contribution in [0.2, 0.25) is 0 Å². The van der Waals surface area contributed by atoms with E-state index in [-0.39, 0.29) is 0 Å². The highest BCUT2D eigenvalue weighted by molar-refractivity contribution is 7.91. The van der Waals surface area contributed by atoms with Crippen molar-refractivity contribution in [2.75, 3.05) is 26.2 Å². The van der Waals surface area contributed by atoms with Crippen molar-refractivity contribution >= 4 is 21.4 Å². The van der Waals surface area contributed by atoms with Crippen LogP contribution in [-0.2, 0) is 16.6 Å². The lowest BCUT2D eigenvalue weighted by Crippen LogP contribution is -2.39.